The standard InChI is InChI=1S/C40H62O11Si2/c1-13-53(14-2,15-3)51-29-21-30-39(23-46-30,49-26(6)42)33-35(48-36(44)27-19-17-16-18-20-27)40(45)22-28(50-52(10,11)12)24(4)31(37(40,7)8)32(47-25(5)41)34(43)38(29,33)9/h16-20,28-30,32-35,43,45H,13-15,21-23H2,1-12H3/t28-,29-,30+,32+,33?,34+,35-,38+,39-,40+/m0/s1. The molecule has 1 saturated heterocycles. The predicted molar refractivity (Wildman–Crippen MR) is 204 cm³/mol. The molecule has 3 aliphatic carbocycles. The van der Waals surface area contributed by atoms with Crippen LogP contribution < -0.4 is 0 Å². The van der Waals surface area contributed by atoms with Crippen molar-refractivity contribution in [1.82, 2.24) is 0 Å². The molecule has 4 aliphatic rings. The minimum atomic E-state index is -2.44. The van der Waals surface area contributed by atoms with E-state index < -0.39 is 99.1 Å². The first-order chi connectivity index (χ1) is 24.6. The van der Waals surface area contributed by atoms with E-state index in [2.05, 4.69) is 20.8 Å². The van der Waals surface area contributed by atoms with Gasteiger partial charge < -0.3 is 38.0 Å². The number of carbonyl (C=O) groups is 3. The summed E-state index contributed by atoms with van der Waals surface area (Å²) in [5, 5.41) is 27.1. The number of hydrogen-bond acceptors (Lipinski definition) is 11. The number of esters is 3. The number of benzene rings is 1. The van der Waals surface area contributed by atoms with Crippen molar-refractivity contribution in [2.45, 2.75) is 161 Å². The number of carbonyl (C=O) groups excluding carboxylic acids is 3. The second kappa shape index (κ2) is 14.6. The molecule has 3 fully saturated rings. The van der Waals surface area contributed by atoms with Gasteiger partial charge in [-0.1, -0.05) is 59.7 Å². The molecule has 1 aromatic carbocycles. The SMILES string of the molecule is CC[Si](CC)(CC)O[C@H]1C[C@H]2OC[C@@]2(OC(C)=O)C2[C@H](OC(=O)c3ccccc3)[C@]3(O)C[C@H](O[Si](C)(C)C)C(C)=C([C@@H](OC(C)=O)[C@@H](O)[C@@]21C)C3(C)C. The Balaban J connectivity index is 1.91. The molecule has 1 unspecified atom stereocenters. The van der Waals surface area contributed by atoms with Gasteiger partial charge in [0, 0.05) is 37.5 Å². The fraction of sp³-hybridized carbons (Fsp3) is 0.725. The Labute approximate surface area is 317 Å². The molecule has 0 spiro atoms. The molecule has 1 aliphatic heterocycles. The zero-order valence-corrected chi connectivity index (χ0v) is 35.7. The van der Waals surface area contributed by atoms with Crippen molar-refractivity contribution in [3.63, 3.8) is 0 Å². The number of aliphatic hydroxyl groups is 2. The first kappa shape index (κ1) is 41.8. The van der Waals surface area contributed by atoms with Crippen LogP contribution in [-0.2, 0) is 37.4 Å². The molecule has 11 nitrogen and oxygen atoms in total. The van der Waals surface area contributed by atoms with Crippen molar-refractivity contribution in [2.24, 2.45) is 16.7 Å². The van der Waals surface area contributed by atoms with Crippen molar-refractivity contribution >= 4 is 34.5 Å². The third-order valence-electron chi connectivity index (χ3n) is 13.2. The lowest BCUT2D eigenvalue weighted by Gasteiger charge is -2.70. The highest BCUT2D eigenvalue weighted by Crippen LogP contribution is 2.66. The van der Waals surface area contributed by atoms with E-state index in [0.29, 0.717) is 5.57 Å². The summed E-state index contributed by atoms with van der Waals surface area (Å²) in [6.07, 6.45) is -5.91. The van der Waals surface area contributed by atoms with Gasteiger partial charge in [0.05, 0.1) is 30.3 Å². The van der Waals surface area contributed by atoms with Gasteiger partial charge in [0.2, 0.25) is 0 Å². The number of ether oxygens (including phenoxy) is 4. The van der Waals surface area contributed by atoms with Crippen molar-refractivity contribution in [2.75, 3.05) is 6.61 Å². The molecule has 13 heteroatoms. The minimum Gasteiger partial charge on any atom is -0.455 e. The normalized spacial score (nSPS) is 36.5. The van der Waals surface area contributed by atoms with Crippen LogP contribution in [0.4, 0.5) is 0 Å². The van der Waals surface area contributed by atoms with Gasteiger partial charge in [0.1, 0.15) is 23.9 Å². The van der Waals surface area contributed by atoms with Crippen LogP contribution in [0.25, 0.3) is 0 Å². The Bertz CT molecular complexity index is 1580. The maximum absolute atomic E-state index is 14.4. The van der Waals surface area contributed by atoms with E-state index in [1.807, 2.05) is 47.3 Å². The van der Waals surface area contributed by atoms with Crippen LogP contribution in [0.3, 0.4) is 0 Å². The summed E-state index contributed by atoms with van der Waals surface area (Å²) in [6, 6.07) is 11.0. The van der Waals surface area contributed by atoms with Crippen molar-refractivity contribution in [3.8, 4) is 0 Å². The van der Waals surface area contributed by atoms with Crippen LogP contribution in [0.15, 0.2) is 41.5 Å². The van der Waals surface area contributed by atoms with Gasteiger partial charge in [0.15, 0.2) is 28.3 Å². The van der Waals surface area contributed by atoms with E-state index in [9.17, 15) is 24.6 Å². The fourth-order valence-corrected chi connectivity index (χ4v) is 14.2. The summed E-state index contributed by atoms with van der Waals surface area (Å²) in [5.41, 5.74) is -4.53. The average molecular weight is 775 g/mol. The summed E-state index contributed by atoms with van der Waals surface area (Å²) >= 11 is 0. The Hall–Kier alpha value is -2.40. The first-order valence-electron chi connectivity index (χ1n) is 19.3. The van der Waals surface area contributed by atoms with Crippen LogP contribution in [0.1, 0.15) is 85.5 Å². The van der Waals surface area contributed by atoms with E-state index in [1.54, 1.807) is 30.3 Å². The molecular formula is C40H62O11Si2. The topological polar surface area (TPSA) is 147 Å². The van der Waals surface area contributed by atoms with E-state index in [4.69, 9.17) is 27.8 Å². The Kier molecular flexibility index (Phi) is 11.5. The highest BCUT2D eigenvalue weighted by Gasteiger charge is 2.78. The molecule has 53 heavy (non-hydrogen) atoms. The Morgan fingerprint density at radius 1 is 0.925 bits per heavy atom. The zero-order valence-electron chi connectivity index (χ0n) is 33.7. The molecule has 0 radical (unpaired) electrons. The maximum atomic E-state index is 14.4. The second-order valence-electron chi connectivity index (χ2n) is 17.5. The van der Waals surface area contributed by atoms with E-state index in [1.165, 1.54) is 13.8 Å². The second-order valence-corrected chi connectivity index (χ2v) is 26.7. The molecule has 1 aromatic rings. The molecular weight excluding hydrogens is 713 g/mol. The van der Waals surface area contributed by atoms with Crippen molar-refractivity contribution < 1.29 is 52.4 Å². The summed E-state index contributed by atoms with van der Waals surface area (Å²) in [6.45, 7) is 22.5. The van der Waals surface area contributed by atoms with Crippen LogP contribution >= 0.6 is 0 Å². The minimum absolute atomic E-state index is 0.0204. The zero-order chi connectivity index (χ0) is 39.5. The number of rotatable bonds is 11. The molecule has 0 amide bonds. The summed E-state index contributed by atoms with van der Waals surface area (Å²) in [5.74, 6) is -2.96. The number of fused-ring (bicyclic) bond motifs is 5. The average Bonchev–Trinajstić information content (AvgIpc) is 3.07. The van der Waals surface area contributed by atoms with Crippen molar-refractivity contribution in [1.29, 1.82) is 0 Å². The van der Waals surface area contributed by atoms with Gasteiger partial charge in [0.25, 0.3) is 0 Å². The lowest BCUT2D eigenvalue weighted by Crippen LogP contribution is -2.83. The lowest BCUT2D eigenvalue weighted by molar-refractivity contribution is -0.363. The molecule has 2 N–H and O–H groups in total. The molecule has 2 saturated carbocycles. The molecule has 10 atom stereocenters. The molecule has 1 heterocycles. The molecule has 2 bridgehead atoms. The lowest BCUT2D eigenvalue weighted by atomic mass is 9.44. The Morgan fingerprint density at radius 2 is 1.53 bits per heavy atom. The summed E-state index contributed by atoms with van der Waals surface area (Å²) in [7, 11) is -4.74. The van der Waals surface area contributed by atoms with Gasteiger partial charge in [-0.3, -0.25) is 9.59 Å². The maximum Gasteiger partial charge on any atom is 0.338 e. The van der Waals surface area contributed by atoms with Crippen LogP contribution in [0.5, 0.6) is 0 Å². The van der Waals surface area contributed by atoms with Crippen LogP contribution in [0, 0.1) is 16.7 Å². The number of hydrogen-bond donors (Lipinski definition) is 2. The molecule has 296 valence electrons. The van der Waals surface area contributed by atoms with Gasteiger partial charge in [-0.25, -0.2) is 4.79 Å². The van der Waals surface area contributed by atoms with E-state index in [-0.39, 0.29) is 25.0 Å². The monoisotopic (exact) mass is 774 g/mol. The van der Waals surface area contributed by atoms with Crippen molar-refractivity contribution in [3.05, 3.63) is 47.0 Å². The third kappa shape index (κ3) is 6.90. The highest BCUT2D eigenvalue weighted by atomic mass is 28.4. The van der Waals surface area contributed by atoms with Crippen LogP contribution in [0.2, 0.25) is 37.8 Å². The summed E-state index contributed by atoms with van der Waals surface area (Å²) < 4.78 is 39.6. The molecule has 0 aromatic heterocycles. The fourth-order valence-electron chi connectivity index (χ4n) is 10.1. The Morgan fingerprint density at radius 3 is 2.02 bits per heavy atom. The van der Waals surface area contributed by atoms with Crippen LogP contribution in [-0.4, -0.2) is 99.2 Å². The van der Waals surface area contributed by atoms with Gasteiger partial charge >= 0.3 is 17.9 Å². The molecule has 5 rings (SSSR count). The smallest absolute Gasteiger partial charge is 0.338 e. The first-order valence-corrected chi connectivity index (χ1v) is 25.2. The van der Waals surface area contributed by atoms with Gasteiger partial charge in [-0.2, -0.15) is 0 Å². The largest absolute Gasteiger partial charge is 0.455 e. The van der Waals surface area contributed by atoms with E-state index >= 15 is 0 Å². The van der Waals surface area contributed by atoms with E-state index in [0.717, 1.165) is 23.7 Å². The van der Waals surface area contributed by atoms with Gasteiger partial charge in [-0.05, 0) is 68.0 Å². The summed E-state index contributed by atoms with van der Waals surface area (Å²) in [4.78, 5) is 40.7. The quantitative estimate of drug-likeness (QED) is 0.113. The number of aliphatic hydroxyl groups excluding tert-OH is 1. The van der Waals surface area contributed by atoms with Gasteiger partial charge in [-0.15, -0.1) is 0 Å². The highest BCUT2D eigenvalue weighted by molar-refractivity contribution is 6.73. The third-order valence-corrected chi connectivity index (χ3v) is 18.8. The predicted octanol–water partition coefficient (Wildman–Crippen LogP) is 6.33.